The zero-order valence-corrected chi connectivity index (χ0v) is 13.7. The van der Waals surface area contributed by atoms with E-state index in [4.69, 9.17) is 34.2 Å². The van der Waals surface area contributed by atoms with E-state index in [0.717, 1.165) is 0 Å². The normalized spacial score (nSPS) is 8.73. The van der Waals surface area contributed by atoms with E-state index in [2.05, 4.69) is 0 Å². The van der Waals surface area contributed by atoms with E-state index >= 15 is 0 Å². The molecule has 0 heterocycles. The molecule has 0 radical (unpaired) electrons. The van der Waals surface area contributed by atoms with Crippen molar-refractivity contribution in [2.24, 2.45) is 0 Å². The van der Waals surface area contributed by atoms with Gasteiger partial charge in [-0.3, -0.25) is 8.42 Å². The number of phenols is 1. The summed E-state index contributed by atoms with van der Waals surface area (Å²) in [6.07, 6.45) is 0. The number of para-hydroxylation sites is 1. The van der Waals surface area contributed by atoms with Crippen molar-refractivity contribution in [1.29, 1.82) is 0 Å². The molecule has 0 aromatic heterocycles. The number of rotatable bonds is 0. The number of hydrogen-bond donors (Lipinski definition) is 1. The first-order chi connectivity index (χ1) is 5.80. The van der Waals surface area contributed by atoms with Crippen molar-refractivity contribution < 1.29 is 81.7 Å². The standard InChI is InChI=1S/C6H5ClO.2Na.H2O4S/c7-5-3-1-2-4-6(5)8;;;1-5(2,3)4/h1-4,8H;;;(H2,1,2,3,4)/q;2*+1;/p-2. The van der Waals surface area contributed by atoms with Gasteiger partial charge in [0.1, 0.15) is 5.75 Å². The van der Waals surface area contributed by atoms with Crippen molar-refractivity contribution in [3.63, 3.8) is 0 Å². The average Bonchev–Trinajstić information content (AvgIpc) is 1.92. The topological polar surface area (TPSA) is 100 Å². The maximum Gasteiger partial charge on any atom is 1.00 e. The molecule has 1 rings (SSSR count). The minimum absolute atomic E-state index is 0. The van der Waals surface area contributed by atoms with Gasteiger partial charge in [0.2, 0.25) is 0 Å². The Morgan fingerprint density at radius 3 is 1.67 bits per heavy atom. The van der Waals surface area contributed by atoms with Gasteiger partial charge in [0.25, 0.3) is 0 Å². The van der Waals surface area contributed by atoms with Crippen LogP contribution in [0.25, 0.3) is 0 Å². The van der Waals surface area contributed by atoms with Gasteiger partial charge >= 0.3 is 59.1 Å². The fourth-order valence-corrected chi connectivity index (χ4v) is 0.587. The van der Waals surface area contributed by atoms with Crippen LogP contribution in [0.2, 0.25) is 5.02 Å². The third-order valence-electron chi connectivity index (χ3n) is 0.852. The second-order valence-electron chi connectivity index (χ2n) is 1.86. The van der Waals surface area contributed by atoms with Crippen LogP contribution < -0.4 is 59.1 Å². The molecule has 74 valence electrons. The van der Waals surface area contributed by atoms with E-state index in [0.29, 0.717) is 5.02 Å². The molecule has 9 heteroatoms. The van der Waals surface area contributed by atoms with Gasteiger partial charge < -0.3 is 14.2 Å². The Hall–Kier alpha value is 1.18. The predicted molar refractivity (Wildman–Crippen MR) is 43.6 cm³/mol. The molecule has 1 N–H and O–H groups in total. The summed E-state index contributed by atoms with van der Waals surface area (Å²) in [4.78, 5) is 0. The van der Waals surface area contributed by atoms with Crippen LogP contribution in [0.1, 0.15) is 0 Å². The molecule has 0 aliphatic rings. The number of benzene rings is 1. The molecule has 1 aromatic carbocycles. The molecule has 0 fully saturated rings. The molecular formula is C6H5ClNa2O5S. The van der Waals surface area contributed by atoms with Gasteiger partial charge in [0.05, 0.1) is 5.02 Å². The van der Waals surface area contributed by atoms with Crippen LogP contribution in [0.15, 0.2) is 24.3 Å². The quantitative estimate of drug-likeness (QED) is 0.288. The van der Waals surface area contributed by atoms with Crippen LogP contribution >= 0.6 is 11.6 Å². The molecule has 0 bridgehead atoms. The average molecular weight is 271 g/mol. The predicted octanol–water partition coefficient (Wildman–Crippen LogP) is -5.28. The van der Waals surface area contributed by atoms with E-state index in [1.165, 1.54) is 0 Å². The van der Waals surface area contributed by atoms with Gasteiger partial charge in [-0.25, -0.2) is 0 Å². The van der Waals surface area contributed by atoms with Crippen LogP contribution in [-0.4, -0.2) is 22.6 Å². The van der Waals surface area contributed by atoms with Crippen molar-refractivity contribution in [1.82, 2.24) is 0 Å². The molecule has 0 unspecified atom stereocenters. The molecule has 0 saturated heterocycles. The van der Waals surface area contributed by atoms with Crippen LogP contribution in [0.4, 0.5) is 0 Å². The van der Waals surface area contributed by atoms with Crippen LogP contribution in [0.3, 0.4) is 0 Å². The van der Waals surface area contributed by atoms with E-state index in [9.17, 15) is 0 Å². The maximum absolute atomic E-state index is 8.79. The largest absolute Gasteiger partial charge is 1.00 e. The summed E-state index contributed by atoms with van der Waals surface area (Å²) < 4.78 is 34.1. The first kappa shape index (κ1) is 21.5. The monoisotopic (exact) mass is 270 g/mol. The van der Waals surface area contributed by atoms with Crippen LogP contribution in [-0.2, 0) is 10.4 Å². The van der Waals surface area contributed by atoms with Crippen molar-refractivity contribution in [2.45, 2.75) is 0 Å². The van der Waals surface area contributed by atoms with Gasteiger partial charge in [-0.05, 0) is 12.1 Å². The minimum Gasteiger partial charge on any atom is -0.759 e. The molecule has 15 heavy (non-hydrogen) atoms. The summed E-state index contributed by atoms with van der Waals surface area (Å²) in [6, 6.07) is 6.67. The van der Waals surface area contributed by atoms with Crippen LogP contribution in [0.5, 0.6) is 5.75 Å². The van der Waals surface area contributed by atoms with Crippen molar-refractivity contribution in [2.75, 3.05) is 0 Å². The molecule has 0 amide bonds. The summed E-state index contributed by atoms with van der Waals surface area (Å²) in [5, 5.41) is 9.18. The first-order valence-corrected chi connectivity index (χ1v) is 4.62. The summed E-state index contributed by atoms with van der Waals surface area (Å²) >= 11 is 5.46. The van der Waals surface area contributed by atoms with E-state index in [1.54, 1.807) is 24.3 Å². The van der Waals surface area contributed by atoms with Crippen molar-refractivity contribution in [3.8, 4) is 5.75 Å². The third-order valence-corrected chi connectivity index (χ3v) is 1.17. The number of halogens is 1. The zero-order chi connectivity index (χ0) is 10.5. The van der Waals surface area contributed by atoms with Gasteiger partial charge in [-0.15, -0.1) is 0 Å². The number of aromatic hydroxyl groups is 1. The zero-order valence-electron chi connectivity index (χ0n) is 8.18. The fourth-order valence-electron chi connectivity index (χ4n) is 0.452. The Morgan fingerprint density at radius 1 is 1.13 bits per heavy atom. The SMILES string of the molecule is O=S(=O)([O-])[O-].Oc1ccccc1Cl.[Na+].[Na+]. The maximum atomic E-state index is 8.79. The summed E-state index contributed by atoms with van der Waals surface area (Å²) in [6.45, 7) is 0. The first-order valence-electron chi connectivity index (χ1n) is 2.91. The van der Waals surface area contributed by atoms with E-state index in [1.807, 2.05) is 0 Å². The fraction of sp³-hybridized carbons (Fsp3) is 0. The van der Waals surface area contributed by atoms with Gasteiger partial charge in [-0.2, -0.15) is 0 Å². The van der Waals surface area contributed by atoms with Crippen LogP contribution in [0, 0.1) is 0 Å². The number of hydrogen-bond acceptors (Lipinski definition) is 5. The molecule has 0 spiro atoms. The molecular weight excluding hydrogens is 266 g/mol. The smallest absolute Gasteiger partial charge is 0.759 e. The molecule has 0 saturated carbocycles. The van der Waals surface area contributed by atoms with E-state index in [-0.39, 0.29) is 64.9 Å². The van der Waals surface area contributed by atoms with Crippen molar-refractivity contribution >= 4 is 22.0 Å². The second kappa shape index (κ2) is 10.3. The summed E-state index contributed by atoms with van der Waals surface area (Å²) in [5.74, 6) is 0.133. The Labute approximate surface area is 137 Å². The summed E-state index contributed by atoms with van der Waals surface area (Å²) in [5.41, 5.74) is 0. The summed E-state index contributed by atoms with van der Waals surface area (Å²) in [7, 11) is -5.17. The van der Waals surface area contributed by atoms with Gasteiger partial charge in [0.15, 0.2) is 0 Å². The van der Waals surface area contributed by atoms with Crippen molar-refractivity contribution in [3.05, 3.63) is 29.3 Å². The Morgan fingerprint density at radius 2 is 1.47 bits per heavy atom. The Kier molecular flexibility index (Phi) is 14.8. The number of phenolic OH excluding ortho intramolecular Hbond substituents is 1. The molecule has 1 aromatic rings. The Balaban J connectivity index is -0.000000185. The van der Waals surface area contributed by atoms with Gasteiger partial charge in [-0.1, -0.05) is 23.7 Å². The molecule has 0 atom stereocenters. The second-order valence-corrected chi connectivity index (χ2v) is 3.08. The molecule has 0 aliphatic carbocycles. The van der Waals surface area contributed by atoms with E-state index < -0.39 is 10.4 Å². The molecule has 5 nitrogen and oxygen atoms in total. The third kappa shape index (κ3) is 17.8. The Bertz CT molecular complexity index is 341. The molecule has 0 aliphatic heterocycles. The minimum atomic E-state index is -5.17. The van der Waals surface area contributed by atoms with Gasteiger partial charge in [0, 0.05) is 10.4 Å².